The van der Waals surface area contributed by atoms with Crippen LogP contribution in [0.3, 0.4) is 0 Å². The van der Waals surface area contributed by atoms with Crippen LogP contribution in [0.5, 0.6) is 5.75 Å². The van der Waals surface area contributed by atoms with E-state index >= 15 is 0 Å². The number of likely N-dealkylation sites (tertiary alicyclic amines) is 1. The second-order valence-electron chi connectivity index (χ2n) is 6.37. The van der Waals surface area contributed by atoms with Gasteiger partial charge in [0.15, 0.2) is 5.76 Å². The summed E-state index contributed by atoms with van der Waals surface area (Å²) in [6.45, 7) is 3.80. The number of piperidine rings is 1. The topological polar surface area (TPSA) is 71.8 Å². The molecule has 1 aromatic heterocycles. The van der Waals surface area contributed by atoms with Gasteiger partial charge in [0.1, 0.15) is 5.75 Å². The van der Waals surface area contributed by atoms with E-state index in [4.69, 9.17) is 9.15 Å². The fourth-order valence-electron chi connectivity index (χ4n) is 3.12. The minimum atomic E-state index is -0.0887. The van der Waals surface area contributed by atoms with Crippen LogP contribution in [0, 0.1) is 0 Å². The highest BCUT2D eigenvalue weighted by Gasteiger charge is 2.25. The summed E-state index contributed by atoms with van der Waals surface area (Å²) in [5, 5.41) is 3.07. The Hall–Kier alpha value is -2.76. The summed E-state index contributed by atoms with van der Waals surface area (Å²) in [5.41, 5.74) is 0.955. The van der Waals surface area contributed by atoms with E-state index in [9.17, 15) is 9.59 Å². The van der Waals surface area contributed by atoms with E-state index in [-0.39, 0.29) is 17.9 Å². The van der Waals surface area contributed by atoms with Gasteiger partial charge in [-0.25, -0.2) is 0 Å². The van der Waals surface area contributed by atoms with Crippen molar-refractivity contribution in [1.82, 2.24) is 10.2 Å². The van der Waals surface area contributed by atoms with Gasteiger partial charge in [0.25, 0.3) is 5.91 Å². The summed E-state index contributed by atoms with van der Waals surface area (Å²) >= 11 is 0. The molecule has 6 heteroatoms. The van der Waals surface area contributed by atoms with Gasteiger partial charge in [-0.3, -0.25) is 9.59 Å². The quantitative estimate of drug-likeness (QED) is 0.864. The molecular weight excluding hydrogens is 332 g/mol. The lowest BCUT2D eigenvalue weighted by atomic mass is 10.0. The number of hydrogen-bond acceptors (Lipinski definition) is 4. The first-order chi connectivity index (χ1) is 12.7. The van der Waals surface area contributed by atoms with Gasteiger partial charge in [-0.05, 0) is 49.6 Å². The molecule has 1 saturated heterocycles. The zero-order chi connectivity index (χ0) is 18.4. The SMILES string of the molecule is CCOc1ccc(CC(=O)NC2CCN(C(=O)c3ccco3)CC2)cc1. The molecule has 0 saturated carbocycles. The van der Waals surface area contributed by atoms with Crippen molar-refractivity contribution in [2.24, 2.45) is 0 Å². The molecule has 1 aromatic carbocycles. The highest BCUT2D eigenvalue weighted by atomic mass is 16.5. The second kappa shape index (κ2) is 8.56. The van der Waals surface area contributed by atoms with Crippen molar-refractivity contribution in [3.63, 3.8) is 0 Å². The number of carbonyl (C=O) groups excluding carboxylic acids is 2. The van der Waals surface area contributed by atoms with Crippen LogP contribution in [0.25, 0.3) is 0 Å². The maximum absolute atomic E-state index is 12.3. The Kier molecular flexibility index (Phi) is 5.94. The van der Waals surface area contributed by atoms with Crippen molar-refractivity contribution >= 4 is 11.8 Å². The van der Waals surface area contributed by atoms with Crippen molar-refractivity contribution < 1.29 is 18.7 Å². The van der Waals surface area contributed by atoms with E-state index in [0.717, 1.165) is 24.2 Å². The summed E-state index contributed by atoms with van der Waals surface area (Å²) in [4.78, 5) is 26.3. The van der Waals surface area contributed by atoms with E-state index in [2.05, 4.69) is 5.32 Å². The van der Waals surface area contributed by atoms with Crippen molar-refractivity contribution in [3.05, 3.63) is 54.0 Å². The van der Waals surface area contributed by atoms with Gasteiger partial charge in [-0.1, -0.05) is 12.1 Å². The molecule has 0 atom stereocenters. The number of hydrogen-bond donors (Lipinski definition) is 1. The Morgan fingerprint density at radius 2 is 1.92 bits per heavy atom. The van der Waals surface area contributed by atoms with Gasteiger partial charge < -0.3 is 19.4 Å². The summed E-state index contributed by atoms with van der Waals surface area (Å²) in [6, 6.07) is 11.1. The minimum absolute atomic E-state index is 0.00460. The van der Waals surface area contributed by atoms with Crippen molar-refractivity contribution in [3.8, 4) is 5.75 Å². The number of nitrogens with one attached hydrogen (secondary N) is 1. The average molecular weight is 356 g/mol. The van der Waals surface area contributed by atoms with Crippen LogP contribution in [0.1, 0.15) is 35.9 Å². The van der Waals surface area contributed by atoms with Crippen molar-refractivity contribution in [2.45, 2.75) is 32.2 Å². The number of furan rings is 1. The zero-order valence-corrected chi connectivity index (χ0v) is 14.9. The molecule has 26 heavy (non-hydrogen) atoms. The molecule has 0 bridgehead atoms. The molecule has 1 fully saturated rings. The molecule has 138 valence electrons. The fraction of sp³-hybridized carbons (Fsp3) is 0.400. The smallest absolute Gasteiger partial charge is 0.289 e. The van der Waals surface area contributed by atoms with Gasteiger partial charge in [0.2, 0.25) is 5.91 Å². The Bertz CT molecular complexity index is 717. The fourth-order valence-corrected chi connectivity index (χ4v) is 3.12. The van der Waals surface area contributed by atoms with E-state index in [0.29, 0.717) is 31.9 Å². The number of rotatable bonds is 6. The Morgan fingerprint density at radius 1 is 1.19 bits per heavy atom. The molecule has 2 amide bonds. The molecule has 3 rings (SSSR count). The standard InChI is InChI=1S/C20H24N2O4/c1-2-25-17-7-5-15(6-8-17)14-19(23)21-16-9-11-22(12-10-16)20(24)18-4-3-13-26-18/h3-8,13,16H,2,9-12,14H2,1H3,(H,21,23). The molecule has 1 aliphatic rings. The predicted molar refractivity (Wildman–Crippen MR) is 97.1 cm³/mol. The molecule has 1 N–H and O–H groups in total. The molecule has 0 spiro atoms. The van der Waals surface area contributed by atoms with Crippen LogP contribution in [0.4, 0.5) is 0 Å². The van der Waals surface area contributed by atoms with Crippen LogP contribution in [0.2, 0.25) is 0 Å². The molecular formula is C20H24N2O4. The van der Waals surface area contributed by atoms with E-state index < -0.39 is 0 Å². The molecule has 0 unspecified atom stereocenters. The number of benzene rings is 1. The second-order valence-corrected chi connectivity index (χ2v) is 6.37. The number of nitrogens with zero attached hydrogens (tertiary/aromatic N) is 1. The maximum Gasteiger partial charge on any atom is 0.289 e. The molecule has 2 heterocycles. The first-order valence-corrected chi connectivity index (χ1v) is 8.99. The summed E-state index contributed by atoms with van der Waals surface area (Å²) < 4.78 is 10.6. The normalized spacial score (nSPS) is 14.9. The monoisotopic (exact) mass is 356 g/mol. The number of ether oxygens (including phenoxy) is 1. The lowest BCUT2D eigenvalue weighted by Crippen LogP contribution is -2.46. The van der Waals surface area contributed by atoms with E-state index in [1.807, 2.05) is 31.2 Å². The number of carbonyl (C=O) groups is 2. The highest BCUT2D eigenvalue weighted by Crippen LogP contribution is 2.15. The van der Waals surface area contributed by atoms with Crippen molar-refractivity contribution in [1.29, 1.82) is 0 Å². The third-order valence-corrected chi connectivity index (χ3v) is 4.48. The lowest BCUT2D eigenvalue weighted by Gasteiger charge is -2.31. The highest BCUT2D eigenvalue weighted by molar-refractivity contribution is 5.91. The third kappa shape index (κ3) is 4.65. The molecule has 2 aromatic rings. The predicted octanol–water partition coefficient (Wildman–Crippen LogP) is 2.64. The van der Waals surface area contributed by atoms with Crippen LogP contribution in [-0.2, 0) is 11.2 Å². The van der Waals surface area contributed by atoms with Gasteiger partial charge in [-0.15, -0.1) is 0 Å². The van der Waals surface area contributed by atoms with Gasteiger partial charge >= 0.3 is 0 Å². The Labute approximate surface area is 153 Å². The molecule has 0 radical (unpaired) electrons. The number of amides is 2. The molecule has 6 nitrogen and oxygen atoms in total. The van der Waals surface area contributed by atoms with Gasteiger partial charge in [0.05, 0.1) is 19.3 Å². The Morgan fingerprint density at radius 3 is 2.54 bits per heavy atom. The molecule has 1 aliphatic heterocycles. The summed E-state index contributed by atoms with van der Waals surface area (Å²) in [5.74, 6) is 1.09. The molecule has 0 aliphatic carbocycles. The largest absolute Gasteiger partial charge is 0.494 e. The maximum atomic E-state index is 12.3. The minimum Gasteiger partial charge on any atom is -0.494 e. The first-order valence-electron chi connectivity index (χ1n) is 8.99. The Balaban J connectivity index is 1.44. The summed E-state index contributed by atoms with van der Waals surface area (Å²) in [6.07, 6.45) is 3.35. The van der Waals surface area contributed by atoms with E-state index in [1.54, 1.807) is 17.0 Å². The van der Waals surface area contributed by atoms with Crippen LogP contribution in [0.15, 0.2) is 47.1 Å². The third-order valence-electron chi connectivity index (χ3n) is 4.48. The first kappa shape index (κ1) is 18.0. The van der Waals surface area contributed by atoms with Gasteiger partial charge in [-0.2, -0.15) is 0 Å². The zero-order valence-electron chi connectivity index (χ0n) is 14.9. The van der Waals surface area contributed by atoms with Crippen molar-refractivity contribution in [2.75, 3.05) is 19.7 Å². The van der Waals surface area contributed by atoms with Crippen LogP contribution in [-0.4, -0.2) is 42.5 Å². The summed E-state index contributed by atoms with van der Waals surface area (Å²) in [7, 11) is 0. The van der Waals surface area contributed by atoms with Crippen LogP contribution >= 0.6 is 0 Å². The van der Waals surface area contributed by atoms with Gasteiger partial charge in [0, 0.05) is 19.1 Å². The van der Waals surface area contributed by atoms with Crippen LogP contribution < -0.4 is 10.1 Å². The average Bonchev–Trinajstić information content (AvgIpc) is 3.18. The lowest BCUT2D eigenvalue weighted by molar-refractivity contribution is -0.121. The van der Waals surface area contributed by atoms with E-state index in [1.165, 1.54) is 6.26 Å².